The van der Waals surface area contributed by atoms with Crippen molar-refractivity contribution in [1.29, 1.82) is 0 Å². The molecule has 0 amide bonds. The quantitative estimate of drug-likeness (QED) is 0.723. The Kier molecular flexibility index (Phi) is 2.59. The Labute approximate surface area is 82.1 Å². The standard InChI is InChI=1S/C11H12FNO/c12-5-8-3-9-6-13-2-1-11(9)10(4-8)7-14/h3-4,7,13H,1-2,5-6H2. The number of carbonyl (C=O) groups is 1. The van der Waals surface area contributed by atoms with Crippen LogP contribution in [0.2, 0.25) is 0 Å². The molecule has 0 bridgehead atoms. The first-order valence-corrected chi connectivity index (χ1v) is 4.71. The maximum Gasteiger partial charge on any atom is 0.150 e. The van der Waals surface area contributed by atoms with Crippen molar-refractivity contribution >= 4 is 6.29 Å². The fourth-order valence-electron chi connectivity index (χ4n) is 1.91. The number of fused-ring (bicyclic) bond motifs is 1. The number of carbonyl (C=O) groups excluding carboxylic acids is 1. The lowest BCUT2D eigenvalue weighted by molar-refractivity contribution is 0.112. The van der Waals surface area contributed by atoms with Crippen LogP contribution in [0.3, 0.4) is 0 Å². The number of hydrogen-bond donors (Lipinski definition) is 1. The van der Waals surface area contributed by atoms with Gasteiger partial charge in [0.25, 0.3) is 0 Å². The van der Waals surface area contributed by atoms with Crippen LogP contribution in [0.1, 0.15) is 27.0 Å². The van der Waals surface area contributed by atoms with Crippen LogP contribution in [0.4, 0.5) is 4.39 Å². The summed E-state index contributed by atoms with van der Waals surface area (Å²) in [6.07, 6.45) is 1.68. The van der Waals surface area contributed by atoms with E-state index in [1.165, 1.54) is 0 Å². The molecule has 0 unspecified atom stereocenters. The Bertz CT molecular complexity index is 363. The van der Waals surface area contributed by atoms with Crippen LogP contribution in [0.15, 0.2) is 12.1 Å². The number of nitrogens with one attached hydrogen (secondary N) is 1. The van der Waals surface area contributed by atoms with Crippen molar-refractivity contribution in [3.05, 3.63) is 34.4 Å². The lowest BCUT2D eigenvalue weighted by Crippen LogP contribution is -2.24. The first-order chi connectivity index (χ1) is 6.85. The van der Waals surface area contributed by atoms with E-state index in [1.807, 2.05) is 6.07 Å². The number of aldehydes is 1. The highest BCUT2D eigenvalue weighted by Gasteiger charge is 2.13. The molecule has 0 aromatic heterocycles. The Morgan fingerprint density at radius 2 is 2.36 bits per heavy atom. The number of alkyl halides is 1. The van der Waals surface area contributed by atoms with Crippen LogP contribution < -0.4 is 5.32 Å². The van der Waals surface area contributed by atoms with Gasteiger partial charge in [-0.15, -0.1) is 0 Å². The number of benzene rings is 1. The van der Waals surface area contributed by atoms with E-state index in [0.717, 1.165) is 36.9 Å². The molecule has 2 rings (SSSR count). The molecule has 1 aromatic carbocycles. The maximum absolute atomic E-state index is 12.5. The third-order valence-corrected chi connectivity index (χ3v) is 2.59. The zero-order valence-electron chi connectivity index (χ0n) is 7.85. The van der Waals surface area contributed by atoms with Crippen molar-refractivity contribution in [2.24, 2.45) is 0 Å². The second-order valence-corrected chi connectivity index (χ2v) is 3.50. The smallest absolute Gasteiger partial charge is 0.150 e. The molecule has 0 saturated heterocycles. The van der Waals surface area contributed by atoms with Gasteiger partial charge >= 0.3 is 0 Å². The second kappa shape index (κ2) is 3.88. The molecule has 1 aliphatic heterocycles. The summed E-state index contributed by atoms with van der Waals surface area (Å²) in [7, 11) is 0. The molecule has 14 heavy (non-hydrogen) atoms. The van der Waals surface area contributed by atoms with Crippen LogP contribution in [0.25, 0.3) is 0 Å². The molecule has 0 aliphatic carbocycles. The summed E-state index contributed by atoms with van der Waals surface area (Å²) in [5.41, 5.74) is 3.38. The van der Waals surface area contributed by atoms with Gasteiger partial charge in [0.15, 0.2) is 0 Å². The van der Waals surface area contributed by atoms with E-state index in [0.29, 0.717) is 11.1 Å². The van der Waals surface area contributed by atoms with Gasteiger partial charge in [-0.1, -0.05) is 6.07 Å². The van der Waals surface area contributed by atoms with Crippen LogP contribution >= 0.6 is 0 Å². The lowest BCUT2D eigenvalue weighted by atomic mass is 9.94. The fourth-order valence-corrected chi connectivity index (χ4v) is 1.91. The third-order valence-electron chi connectivity index (χ3n) is 2.59. The highest BCUT2D eigenvalue weighted by Crippen LogP contribution is 2.20. The predicted octanol–water partition coefficient (Wildman–Crippen LogP) is 1.61. The van der Waals surface area contributed by atoms with Gasteiger partial charge < -0.3 is 5.32 Å². The van der Waals surface area contributed by atoms with Gasteiger partial charge in [-0.2, -0.15) is 0 Å². The van der Waals surface area contributed by atoms with Gasteiger partial charge in [0.1, 0.15) is 13.0 Å². The lowest BCUT2D eigenvalue weighted by Gasteiger charge is -2.19. The van der Waals surface area contributed by atoms with Gasteiger partial charge in [-0.05, 0) is 35.7 Å². The Morgan fingerprint density at radius 3 is 3.07 bits per heavy atom. The van der Waals surface area contributed by atoms with E-state index >= 15 is 0 Å². The summed E-state index contributed by atoms with van der Waals surface area (Å²) < 4.78 is 12.5. The molecule has 0 fully saturated rings. The van der Waals surface area contributed by atoms with E-state index in [2.05, 4.69) is 5.32 Å². The van der Waals surface area contributed by atoms with Crippen molar-refractivity contribution in [3.63, 3.8) is 0 Å². The number of halogens is 1. The zero-order chi connectivity index (χ0) is 9.97. The number of rotatable bonds is 2. The number of hydrogen-bond acceptors (Lipinski definition) is 2. The van der Waals surface area contributed by atoms with E-state index < -0.39 is 6.67 Å². The van der Waals surface area contributed by atoms with Gasteiger partial charge in [0.2, 0.25) is 0 Å². The first kappa shape index (κ1) is 9.34. The molecule has 0 radical (unpaired) electrons. The summed E-state index contributed by atoms with van der Waals surface area (Å²) in [5.74, 6) is 0. The minimum atomic E-state index is -0.506. The molecular formula is C11H12FNO. The first-order valence-electron chi connectivity index (χ1n) is 4.71. The van der Waals surface area contributed by atoms with Crippen molar-refractivity contribution in [2.45, 2.75) is 19.6 Å². The van der Waals surface area contributed by atoms with Crippen LogP contribution in [-0.2, 0) is 19.6 Å². The van der Waals surface area contributed by atoms with E-state index in [-0.39, 0.29) is 0 Å². The largest absolute Gasteiger partial charge is 0.312 e. The van der Waals surface area contributed by atoms with Crippen molar-refractivity contribution in [3.8, 4) is 0 Å². The molecular weight excluding hydrogens is 181 g/mol. The SMILES string of the molecule is O=Cc1cc(CF)cc2c1CCNC2. The van der Waals surface area contributed by atoms with Crippen molar-refractivity contribution in [2.75, 3.05) is 6.54 Å². The fraction of sp³-hybridized carbons (Fsp3) is 0.364. The normalized spacial score (nSPS) is 14.9. The molecule has 1 heterocycles. The summed E-state index contributed by atoms with van der Waals surface area (Å²) in [5, 5.41) is 3.21. The zero-order valence-corrected chi connectivity index (χ0v) is 7.85. The summed E-state index contributed by atoms with van der Waals surface area (Å²) in [6.45, 7) is 1.13. The maximum atomic E-state index is 12.5. The topological polar surface area (TPSA) is 29.1 Å². The minimum Gasteiger partial charge on any atom is -0.312 e. The monoisotopic (exact) mass is 193 g/mol. The van der Waals surface area contributed by atoms with Crippen LogP contribution in [-0.4, -0.2) is 12.8 Å². The predicted molar refractivity (Wildman–Crippen MR) is 52.1 cm³/mol. The molecule has 0 atom stereocenters. The average molecular weight is 193 g/mol. The minimum absolute atomic E-state index is 0.506. The third kappa shape index (κ3) is 1.55. The Hall–Kier alpha value is -1.22. The van der Waals surface area contributed by atoms with Crippen LogP contribution in [0, 0.1) is 0 Å². The van der Waals surface area contributed by atoms with Gasteiger partial charge in [-0.3, -0.25) is 4.79 Å². The highest BCUT2D eigenvalue weighted by molar-refractivity contribution is 5.78. The molecule has 0 saturated carbocycles. The van der Waals surface area contributed by atoms with Gasteiger partial charge in [-0.25, -0.2) is 4.39 Å². The highest BCUT2D eigenvalue weighted by atomic mass is 19.1. The molecule has 3 heteroatoms. The summed E-state index contributed by atoms with van der Waals surface area (Å²) in [6, 6.07) is 3.49. The average Bonchev–Trinajstić information content (AvgIpc) is 2.27. The molecule has 1 aromatic rings. The Balaban J connectivity index is 2.52. The molecule has 2 nitrogen and oxygen atoms in total. The Morgan fingerprint density at radius 1 is 1.50 bits per heavy atom. The van der Waals surface area contributed by atoms with Crippen molar-refractivity contribution in [1.82, 2.24) is 5.32 Å². The molecule has 1 N–H and O–H groups in total. The molecule has 74 valence electrons. The van der Waals surface area contributed by atoms with E-state index in [9.17, 15) is 9.18 Å². The summed E-state index contributed by atoms with van der Waals surface area (Å²) in [4.78, 5) is 10.8. The molecule has 1 aliphatic rings. The van der Waals surface area contributed by atoms with Crippen molar-refractivity contribution < 1.29 is 9.18 Å². The van der Waals surface area contributed by atoms with Gasteiger partial charge in [0, 0.05) is 12.1 Å². The summed E-state index contributed by atoms with van der Waals surface area (Å²) >= 11 is 0. The van der Waals surface area contributed by atoms with Crippen LogP contribution in [0.5, 0.6) is 0 Å². The second-order valence-electron chi connectivity index (χ2n) is 3.50. The van der Waals surface area contributed by atoms with E-state index in [1.54, 1.807) is 6.07 Å². The van der Waals surface area contributed by atoms with Gasteiger partial charge in [0.05, 0.1) is 0 Å². The van der Waals surface area contributed by atoms with E-state index in [4.69, 9.17) is 0 Å². The molecule has 0 spiro atoms.